The van der Waals surface area contributed by atoms with Crippen LogP contribution in [0.3, 0.4) is 0 Å². The number of aliphatic imine (C=N–C) groups is 1. The van der Waals surface area contributed by atoms with Gasteiger partial charge in [-0.3, -0.25) is 4.99 Å². The maximum absolute atomic E-state index is 11.1. The highest BCUT2D eigenvalue weighted by atomic mass is 127. The SMILES string of the molecule is CN=C(NCCS(C)(=O)=O)NCc1ccc(C)cc1OC.I. The molecular weight excluding hydrogens is 417 g/mol. The molecule has 0 atom stereocenters. The number of benzene rings is 1. The van der Waals surface area contributed by atoms with E-state index in [-0.39, 0.29) is 29.7 Å². The number of aryl methyl sites for hydroxylation is 1. The zero-order chi connectivity index (χ0) is 15.9. The molecule has 0 radical (unpaired) electrons. The van der Waals surface area contributed by atoms with Crippen LogP contribution in [0.25, 0.3) is 0 Å². The van der Waals surface area contributed by atoms with E-state index in [9.17, 15) is 8.42 Å². The molecule has 2 N–H and O–H groups in total. The number of nitrogens with zero attached hydrogens (tertiary/aromatic N) is 1. The van der Waals surface area contributed by atoms with Gasteiger partial charge in [0.1, 0.15) is 15.6 Å². The Labute approximate surface area is 149 Å². The minimum Gasteiger partial charge on any atom is -0.496 e. The fourth-order valence-electron chi connectivity index (χ4n) is 1.75. The second-order valence-electron chi connectivity index (χ2n) is 4.80. The van der Waals surface area contributed by atoms with Crippen LogP contribution in [0.2, 0.25) is 0 Å². The highest BCUT2D eigenvalue weighted by Crippen LogP contribution is 2.19. The topological polar surface area (TPSA) is 79.8 Å². The first-order valence-corrected chi connectivity index (χ1v) is 8.67. The van der Waals surface area contributed by atoms with Crippen molar-refractivity contribution in [2.45, 2.75) is 13.5 Å². The van der Waals surface area contributed by atoms with E-state index >= 15 is 0 Å². The van der Waals surface area contributed by atoms with Crippen LogP contribution in [0.5, 0.6) is 5.75 Å². The van der Waals surface area contributed by atoms with Gasteiger partial charge in [0, 0.05) is 32.0 Å². The van der Waals surface area contributed by atoms with Gasteiger partial charge in [0.15, 0.2) is 5.96 Å². The molecule has 0 fully saturated rings. The summed E-state index contributed by atoms with van der Waals surface area (Å²) in [6.07, 6.45) is 1.21. The molecule has 0 amide bonds. The van der Waals surface area contributed by atoms with Crippen molar-refractivity contribution in [3.05, 3.63) is 29.3 Å². The molecule has 1 aromatic rings. The molecule has 0 bridgehead atoms. The number of rotatable bonds is 6. The number of ether oxygens (including phenoxy) is 1. The smallest absolute Gasteiger partial charge is 0.191 e. The van der Waals surface area contributed by atoms with Gasteiger partial charge in [-0.25, -0.2) is 8.42 Å². The highest BCUT2D eigenvalue weighted by Gasteiger charge is 2.06. The van der Waals surface area contributed by atoms with Gasteiger partial charge in [0.25, 0.3) is 0 Å². The Balaban J connectivity index is 0.00000441. The third kappa shape index (κ3) is 7.83. The number of hydrogen-bond acceptors (Lipinski definition) is 4. The van der Waals surface area contributed by atoms with Crippen LogP contribution in [0.4, 0.5) is 0 Å². The summed E-state index contributed by atoms with van der Waals surface area (Å²) in [6.45, 7) is 2.87. The van der Waals surface area contributed by atoms with E-state index in [0.29, 0.717) is 19.0 Å². The minimum atomic E-state index is -2.98. The molecule has 1 aromatic carbocycles. The Bertz CT molecular complexity index is 603. The molecule has 6 nitrogen and oxygen atoms in total. The van der Waals surface area contributed by atoms with Crippen molar-refractivity contribution in [3.8, 4) is 5.75 Å². The summed E-state index contributed by atoms with van der Waals surface area (Å²) in [5.74, 6) is 1.44. The van der Waals surface area contributed by atoms with Crippen LogP contribution in [-0.2, 0) is 16.4 Å². The second-order valence-corrected chi connectivity index (χ2v) is 7.06. The van der Waals surface area contributed by atoms with Gasteiger partial charge in [0.05, 0.1) is 12.9 Å². The molecule has 0 heterocycles. The van der Waals surface area contributed by atoms with Crippen LogP contribution in [-0.4, -0.2) is 47.1 Å². The summed E-state index contributed by atoms with van der Waals surface area (Å²) in [6, 6.07) is 5.97. The van der Waals surface area contributed by atoms with Crippen LogP contribution in [0.15, 0.2) is 23.2 Å². The fraction of sp³-hybridized carbons (Fsp3) is 0.500. The van der Waals surface area contributed by atoms with Gasteiger partial charge in [0.2, 0.25) is 0 Å². The Hall–Kier alpha value is -1.03. The summed E-state index contributed by atoms with van der Waals surface area (Å²) in [5.41, 5.74) is 2.14. The number of guanidine groups is 1. The number of halogens is 1. The van der Waals surface area contributed by atoms with Gasteiger partial charge >= 0.3 is 0 Å². The summed E-state index contributed by atoms with van der Waals surface area (Å²) in [7, 11) is 0.302. The molecule has 0 aliphatic rings. The largest absolute Gasteiger partial charge is 0.496 e. The summed E-state index contributed by atoms with van der Waals surface area (Å²) in [5, 5.41) is 6.09. The number of sulfone groups is 1. The lowest BCUT2D eigenvalue weighted by Gasteiger charge is -2.14. The third-order valence-corrected chi connectivity index (χ3v) is 3.82. The Kier molecular flexibility index (Phi) is 9.42. The van der Waals surface area contributed by atoms with Crippen molar-refractivity contribution in [1.82, 2.24) is 10.6 Å². The predicted molar refractivity (Wildman–Crippen MR) is 101 cm³/mol. The molecule has 22 heavy (non-hydrogen) atoms. The molecule has 8 heteroatoms. The van der Waals surface area contributed by atoms with Crippen LogP contribution < -0.4 is 15.4 Å². The van der Waals surface area contributed by atoms with Crippen molar-refractivity contribution >= 4 is 39.8 Å². The van der Waals surface area contributed by atoms with Crippen molar-refractivity contribution in [3.63, 3.8) is 0 Å². The molecule has 0 spiro atoms. The van der Waals surface area contributed by atoms with Gasteiger partial charge in [-0.05, 0) is 18.6 Å². The van der Waals surface area contributed by atoms with Crippen molar-refractivity contribution < 1.29 is 13.2 Å². The average molecular weight is 441 g/mol. The summed E-state index contributed by atoms with van der Waals surface area (Å²) >= 11 is 0. The van der Waals surface area contributed by atoms with Crippen LogP contribution >= 0.6 is 24.0 Å². The molecule has 0 saturated heterocycles. The number of methoxy groups -OCH3 is 1. The van der Waals surface area contributed by atoms with Gasteiger partial charge in [-0.1, -0.05) is 12.1 Å². The third-order valence-electron chi connectivity index (χ3n) is 2.88. The zero-order valence-corrected chi connectivity index (χ0v) is 16.5. The van der Waals surface area contributed by atoms with Gasteiger partial charge in [-0.2, -0.15) is 0 Å². The van der Waals surface area contributed by atoms with E-state index in [1.807, 2.05) is 25.1 Å². The first kappa shape index (κ1) is 21.0. The standard InChI is InChI=1S/C14H23N3O3S.HI/c1-11-5-6-12(13(9-11)20-3)10-17-14(15-2)16-7-8-21(4,18)19;/h5-6,9H,7-8,10H2,1-4H3,(H2,15,16,17);1H. The van der Waals surface area contributed by atoms with E-state index in [0.717, 1.165) is 16.9 Å². The molecular formula is C14H24IN3O3S. The molecule has 0 aliphatic heterocycles. The maximum Gasteiger partial charge on any atom is 0.191 e. The van der Waals surface area contributed by atoms with Crippen molar-refractivity contribution in [1.29, 1.82) is 0 Å². The van der Waals surface area contributed by atoms with E-state index in [1.54, 1.807) is 14.2 Å². The molecule has 1 rings (SSSR count). The van der Waals surface area contributed by atoms with E-state index in [2.05, 4.69) is 15.6 Å². The monoisotopic (exact) mass is 441 g/mol. The quantitative estimate of drug-likeness (QED) is 0.396. The minimum absolute atomic E-state index is 0. The second kappa shape index (κ2) is 9.88. The lowest BCUT2D eigenvalue weighted by Crippen LogP contribution is -2.39. The molecule has 0 aromatic heterocycles. The lowest BCUT2D eigenvalue weighted by atomic mass is 10.1. The van der Waals surface area contributed by atoms with Gasteiger partial charge in [-0.15, -0.1) is 24.0 Å². The van der Waals surface area contributed by atoms with Gasteiger partial charge < -0.3 is 15.4 Å². The first-order chi connectivity index (χ1) is 9.85. The van der Waals surface area contributed by atoms with E-state index < -0.39 is 9.84 Å². The van der Waals surface area contributed by atoms with Crippen LogP contribution in [0.1, 0.15) is 11.1 Å². The fourth-order valence-corrected chi connectivity index (χ4v) is 2.23. The van der Waals surface area contributed by atoms with Crippen molar-refractivity contribution in [2.24, 2.45) is 4.99 Å². The molecule has 0 unspecified atom stereocenters. The molecule has 0 aliphatic carbocycles. The Morgan fingerprint density at radius 2 is 2.00 bits per heavy atom. The highest BCUT2D eigenvalue weighted by molar-refractivity contribution is 14.0. The normalized spacial score (nSPS) is 11.5. The number of nitrogens with one attached hydrogen (secondary N) is 2. The van der Waals surface area contributed by atoms with Crippen LogP contribution in [0, 0.1) is 6.92 Å². The zero-order valence-electron chi connectivity index (χ0n) is 13.3. The predicted octanol–water partition coefficient (Wildman–Crippen LogP) is 1.33. The van der Waals surface area contributed by atoms with Crippen molar-refractivity contribution in [2.75, 3.05) is 32.7 Å². The summed E-state index contributed by atoms with van der Waals surface area (Å²) in [4.78, 5) is 4.05. The van der Waals surface area contributed by atoms with E-state index in [4.69, 9.17) is 4.74 Å². The number of hydrogen-bond donors (Lipinski definition) is 2. The average Bonchev–Trinajstić information content (AvgIpc) is 2.42. The molecule has 126 valence electrons. The Morgan fingerprint density at radius 3 is 2.55 bits per heavy atom. The summed E-state index contributed by atoms with van der Waals surface area (Å²) < 4.78 is 27.5. The maximum atomic E-state index is 11.1. The molecule has 0 saturated carbocycles. The lowest BCUT2D eigenvalue weighted by molar-refractivity contribution is 0.408. The Morgan fingerprint density at radius 1 is 1.32 bits per heavy atom. The van der Waals surface area contributed by atoms with E-state index in [1.165, 1.54) is 6.26 Å². The first-order valence-electron chi connectivity index (χ1n) is 6.61.